The first-order valence-electron chi connectivity index (χ1n) is 9.88. The molecule has 0 bridgehead atoms. The van der Waals surface area contributed by atoms with Gasteiger partial charge in [0.1, 0.15) is 0 Å². The third-order valence-corrected chi connectivity index (χ3v) is 5.31. The summed E-state index contributed by atoms with van der Waals surface area (Å²) in [6.45, 7) is 14.6. The Balaban J connectivity index is 0.00000338. The number of benzene rings is 1. The molecule has 1 fully saturated rings. The molecule has 0 aromatic heterocycles. The van der Waals surface area contributed by atoms with Crippen LogP contribution in [0.3, 0.4) is 0 Å². The lowest BCUT2D eigenvalue weighted by atomic mass is 9.96. The van der Waals surface area contributed by atoms with Crippen LogP contribution in [0.5, 0.6) is 0 Å². The predicted molar refractivity (Wildman–Crippen MR) is 119 cm³/mol. The Morgan fingerprint density at radius 2 is 1.74 bits per heavy atom. The lowest BCUT2D eigenvalue weighted by Crippen LogP contribution is -2.40. The average Bonchev–Trinajstić information content (AvgIpc) is 2.64. The van der Waals surface area contributed by atoms with Gasteiger partial charge in [-0.3, -0.25) is 9.69 Å². The molecule has 2 rings (SSSR count). The maximum absolute atomic E-state index is 12.7. The SMILES string of the molecule is CCNCC1CCN(C(=O)c2ccc(CN(CC)C(C)C)cc2)CC1.Cl.Cl. The molecule has 1 saturated heterocycles. The van der Waals surface area contributed by atoms with E-state index in [9.17, 15) is 4.79 Å². The Labute approximate surface area is 177 Å². The van der Waals surface area contributed by atoms with Crippen molar-refractivity contribution in [1.82, 2.24) is 15.1 Å². The van der Waals surface area contributed by atoms with Crippen LogP contribution in [0.25, 0.3) is 0 Å². The predicted octanol–water partition coefficient (Wildman–Crippen LogP) is 4.22. The van der Waals surface area contributed by atoms with E-state index in [1.165, 1.54) is 5.56 Å². The van der Waals surface area contributed by atoms with Gasteiger partial charge in [0.15, 0.2) is 0 Å². The second kappa shape index (κ2) is 13.4. The van der Waals surface area contributed by atoms with Crippen molar-refractivity contribution in [1.29, 1.82) is 0 Å². The van der Waals surface area contributed by atoms with Crippen LogP contribution >= 0.6 is 24.8 Å². The third-order valence-electron chi connectivity index (χ3n) is 5.31. The number of hydrogen-bond acceptors (Lipinski definition) is 3. The summed E-state index contributed by atoms with van der Waals surface area (Å²) in [5.74, 6) is 0.895. The molecule has 0 unspecified atom stereocenters. The zero-order chi connectivity index (χ0) is 18.2. The monoisotopic (exact) mass is 417 g/mol. The van der Waals surface area contributed by atoms with Crippen LogP contribution in [-0.2, 0) is 6.54 Å². The number of carbonyl (C=O) groups excluding carboxylic acids is 1. The van der Waals surface area contributed by atoms with Gasteiger partial charge in [-0.15, -0.1) is 24.8 Å². The minimum Gasteiger partial charge on any atom is -0.339 e. The van der Waals surface area contributed by atoms with Crippen molar-refractivity contribution in [2.45, 2.75) is 53.1 Å². The quantitative estimate of drug-likeness (QED) is 0.687. The number of piperidine rings is 1. The molecule has 0 aliphatic carbocycles. The smallest absolute Gasteiger partial charge is 0.253 e. The van der Waals surface area contributed by atoms with Crippen LogP contribution in [0.15, 0.2) is 24.3 Å². The molecule has 1 N–H and O–H groups in total. The third kappa shape index (κ3) is 7.98. The highest BCUT2D eigenvalue weighted by Crippen LogP contribution is 2.19. The Hall–Kier alpha value is -0.810. The lowest BCUT2D eigenvalue weighted by Gasteiger charge is -2.32. The van der Waals surface area contributed by atoms with Gasteiger partial charge < -0.3 is 10.2 Å². The average molecular weight is 418 g/mol. The molecular weight excluding hydrogens is 381 g/mol. The van der Waals surface area contributed by atoms with Gasteiger partial charge in [-0.25, -0.2) is 0 Å². The standard InChI is InChI=1S/C21H35N3O.2ClH/c1-5-22-15-18-11-13-24(14-12-18)21(25)20-9-7-19(8-10-20)16-23(6-2)17(3)4;;/h7-10,17-18,22H,5-6,11-16H2,1-4H3;2*1H. The van der Waals surface area contributed by atoms with E-state index in [-0.39, 0.29) is 30.7 Å². The van der Waals surface area contributed by atoms with Gasteiger partial charge in [0.05, 0.1) is 0 Å². The van der Waals surface area contributed by atoms with Gasteiger partial charge in [0.25, 0.3) is 5.91 Å². The number of likely N-dealkylation sites (tertiary alicyclic amines) is 1. The number of halogens is 2. The van der Waals surface area contributed by atoms with E-state index < -0.39 is 0 Å². The van der Waals surface area contributed by atoms with Crippen molar-refractivity contribution in [3.8, 4) is 0 Å². The molecule has 1 amide bonds. The largest absolute Gasteiger partial charge is 0.339 e. The Morgan fingerprint density at radius 3 is 2.22 bits per heavy atom. The van der Waals surface area contributed by atoms with E-state index in [2.05, 4.69) is 50.0 Å². The highest BCUT2D eigenvalue weighted by molar-refractivity contribution is 5.94. The molecule has 1 aliphatic heterocycles. The van der Waals surface area contributed by atoms with E-state index in [4.69, 9.17) is 0 Å². The van der Waals surface area contributed by atoms with Crippen molar-refractivity contribution >= 4 is 30.7 Å². The Bertz CT molecular complexity index is 529. The van der Waals surface area contributed by atoms with Crippen molar-refractivity contribution < 1.29 is 4.79 Å². The van der Waals surface area contributed by atoms with Crippen molar-refractivity contribution in [3.63, 3.8) is 0 Å². The number of amides is 1. The summed E-state index contributed by atoms with van der Waals surface area (Å²) in [4.78, 5) is 17.2. The Kier molecular flexibility index (Phi) is 13.0. The van der Waals surface area contributed by atoms with Gasteiger partial charge in [0.2, 0.25) is 0 Å². The van der Waals surface area contributed by atoms with E-state index in [0.717, 1.165) is 57.7 Å². The summed E-state index contributed by atoms with van der Waals surface area (Å²) in [5, 5.41) is 3.42. The second-order valence-electron chi connectivity index (χ2n) is 7.40. The van der Waals surface area contributed by atoms with E-state index in [0.29, 0.717) is 12.0 Å². The van der Waals surface area contributed by atoms with Crippen molar-refractivity contribution in [3.05, 3.63) is 35.4 Å². The van der Waals surface area contributed by atoms with Crippen LogP contribution in [-0.4, -0.2) is 54.5 Å². The normalized spacial score (nSPS) is 14.8. The minimum absolute atomic E-state index is 0. The fourth-order valence-electron chi connectivity index (χ4n) is 3.52. The topological polar surface area (TPSA) is 35.6 Å². The minimum atomic E-state index is 0. The molecule has 1 heterocycles. The van der Waals surface area contributed by atoms with Gasteiger partial charge >= 0.3 is 0 Å². The summed E-state index contributed by atoms with van der Waals surface area (Å²) in [6.07, 6.45) is 2.22. The van der Waals surface area contributed by atoms with Gasteiger partial charge in [-0.1, -0.05) is 26.0 Å². The van der Waals surface area contributed by atoms with E-state index in [1.54, 1.807) is 0 Å². The number of nitrogens with zero attached hydrogens (tertiary/aromatic N) is 2. The van der Waals surface area contributed by atoms with Crippen molar-refractivity contribution in [2.75, 3.05) is 32.7 Å². The molecule has 1 aromatic rings. The number of hydrogen-bond donors (Lipinski definition) is 1. The van der Waals surface area contributed by atoms with Crippen LogP contribution in [0.1, 0.15) is 56.5 Å². The fraction of sp³-hybridized carbons (Fsp3) is 0.667. The van der Waals surface area contributed by atoms with Crippen molar-refractivity contribution in [2.24, 2.45) is 5.92 Å². The maximum Gasteiger partial charge on any atom is 0.253 e. The molecule has 1 aliphatic rings. The molecule has 0 radical (unpaired) electrons. The zero-order valence-electron chi connectivity index (χ0n) is 17.2. The molecule has 6 heteroatoms. The first-order chi connectivity index (χ1) is 12.0. The summed E-state index contributed by atoms with van der Waals surface area (Å²) in [7, 11) is 0. The number of rotatable bonds is 8. The molecule has 0 saturated carbocycles. The van der Waals surface area contributed by atoms with Crippen LogP contribution in [0.4, 0.5) is 0 Å². The molecular formula is C21H37Cl2N3O. The number of carbonyl (C=O) groups is 1. The van der Waals surface area contributed by atoms with E-state index >= 15 is 0 Å². The highest BCUT2D eigenvalue weighted by Gasteiger charge is 2.23. The van der Waals surface area contributed by atoms with Gasteiger partial charge in [0, 0.05) is 31.2 Å². The molecule has 0 atom stereocenters. The summed E-state index contributed by atoms with van der Waals surface area (Å²) in [5.41, 5.74) is 2.10. The molecule has 4 nitrogen and oxygen atoms in total. The van der Waals surface area contributed by atoms with Gasteiger partial charge in [-0.05, 0) is 69.9 Å². The maximum atomic E-state index is 12.7. The summed E-state index contributed by atoms with van der Waals surface area (Å²) >= 11 is 0. The fourth-order valence-corrected chi connectivity index (χ4v) is 3.52. The van der Waals surface area contributed by atoms with Crippen LogP contribution in [0.2, 0.25) is 0 Å². The first-order valence-corrected chi connectivity index (χ1v) is 9.88. The Morgan fingerprint density at radius 1 is 1.15 bits per heavy atom. The van der Waals surface area contributed by atoms with Crippen LogP contribution < -0.4 is 5.32 Å². The lowest BCUT2D eigenvalue weighted by molar-refractivity contribution is 0.0690. The molecule has 0 spiro atoms. The summed E-state index contributed by atoms with van der Waals surface area (Å²) in [6, 6.07) is 8.74. The van der Waals surface area contributed by atoms with Gasteiger partial charge in [-0.2, -0.15) is 0 Å². The van der Waals surface area contributed by atoms with E-state index in [1.807, 2.05) is 17.0 Å². The second-order valence-corrected chi connectivity index (χ2v) is 7.40. The number of nitrogens with one attached hydrogen (secondary N) is 1. The first kappa shape index (κ1) is 26.2. The molecule has 156 valence electrons. The summed E-state index contributed by atoms with van der Waals surface area (Å²) < 4.78 is 0. The molecule has 1 aromatic carbocycles. The van der Waals surface area contributed by atoms with Crippen LogP contribution in [0, 0.1) is 5.92 Å². The molecule has 27 heavy (non-hydrogen) atoms. The highest BCUT2D eigenvalue weighted by atomic mass is 35.5. The zero-order valence-corrected chi connectivity index (χ0v) is 18.9.